The average Bonchev–Trinajstić information content (AvgIpc) is 3.14. The zero-order chi connectivity index (χ0) is 21.7. The van der Waals surface area contributed by atoms with Gasteiger partial charge in [0.05, 0.1) is 16.6 Å². The van der Waals surface area contributed by atoms with Gasteiger partial charge < -0.3 is 9.15 Å². The maximum absolute atomic E-state index is 12.2. The molecule has 0 saturated heterocycles. The van der Waals surface area contributed by atoms with E-state index in [-0.39, 0.29) is 23.4 Å². The van der Waals surface area contributed by atoms with Gasteiger partial charge in [-0.05, 0) is 55.8 Å². The Morgan fingerprint density at radius 3 is 2.40 bits per heavy atom. The van der Waals surface area contributed by atoms with Crippen molar-refractivity contribution in [2.45, 2.75) is 30.4 Å². The zero-order valence-corrected chi connectivity index (χ0v) is 17.9. The summed E-state index contributed by atoms with van der Waals surface area (Å²) in [5, 5.41) is 10.2. The van der Waals surface area contributed by atoms with Crippen LogP contribution in [0.15, 0.2) is 57.8 Å². The number of hydrogen-bond donors (Lipinski definition) is 1. The van der Waals surface area contributed by atoms with Crippen LogP contribution in [0.4, 0.5) is 6.01 Å². The number of nitrogens with zero attached hydrogens (tertiary/aromatic N) is 2. The Balaban J connectivity index is 1.54. The highest BCUT2D eigenvalue weighted by molar-refractivity contribution is 7.92. The molecule has 8 nitrogen and oxygen atoms in total. The number of anilines is 1. The van der Waals surface area contributed by atoms with Crippen LogP contribution in [-0.4, -0.2) is 36.4 Å². The predicted molar refractivity (Wildman–Crippen MR) is 111 cm³/mol. The highest BCUT2D eigenvalue weighted by Crippen LogP contribution is 2.19. The summed E-state index contributed by atoms with van der Waals surface area (Å²) in [7, 11) is -3.32. The van der Waals surface area contributed by atoms with E-state index >= 15 is 0 Å². The summed E-state index contributed by atoms with van der Waals surface area (Å²) in [5.74, 6) is 0.329. The van der Waals surface area contributed by atoms with Gasteiger partial charge in [0.15, 0.2) is 16.4 Å². The van der Waals surface area contributed by atoms with Gasteiger partial charge in [-0.25, -0.2) is 8.42 Å². The number of halogens is 1. The Labute approximate surface area is 179 Å². The minimum absolute atomic E-state index is 0.0475. The topological polar surface area (TPSA) is 111 Å². The van der Waals surface area contributed by atoms with Gasteiger partial charge in [-0.1, -0.05) is 28.8 Å². The summed E-state index contributed by atoms with van der Waals surface area (Å²) in [6, 6.07) is 13.1. The van der Waals surface area contributed by atoms with Crippen LogP contribution in [0.5, 0.6) is 5.75 Å². The van der Waals surface area contributed by atoms with Crippen LogP contribution in [0.1, 0.15) is 25.3 Å². The summed E-state index contributed by atoms with van der Waals surface area (Å²) in [6.45, 7) is 3.04. The lowest BCUT2D eigenvalue weighted by Gasteiger charge is -2.08. The molecule has 0 aliphatic heterocycles. The van der Waals surface area contributed by atoms with Crippen molar-refractivity contribution in [3.8, 4) is 5.75 Å². The van der Waals surface area contributed by atoms with Crippen LogP contribution in [0, 0.1) is 0 Å². The van der Waals surface area contributed by atoms with Crippen molar-refractivity contribution in [3.05, 3.63) is 65.0 Å². The number of ether oxygens (including phenoxy) is 1. The van der Waals surface area contributed by atoms with Crippen molar-refractivity contribution in [1.29, 1.82) is 0 Å². The molecule has 1 N–H and O–H groups in total. The number of rotatable bonds is 8. The Morgan fingerprint density at radius 1 is 1.10 bits per heavy atom. The van der Waals surface area contributed by atoms with Crippen molar-refractivity contribution in [1.82, 2.24) is 10.2 Å². The summed E-state index contributed by atoms with van der Waals surface area (Å²) in [6.07, 6.45) is 0.298. The van der Waals surface area contributed by atoms with Crippen LogP contribution in [0.2, 0.25) is 5.02 Å². The van der Waals surface area contributed by atoms with Gasteiger partial charge in [-0.3, -0.25) is 10.1 Å². The first kappa shape index (κ1) is 21.8. The molecule has 1 heterocycles. The molecule has 0 fully saturated rings. The molecule has 0 atom stereocenters. The number of aromatic nitrogens is 2. The highest BCUT2D eigenvalue weighted by Gasteiger charge is 2.19. The van der Waals surface area contributed by atoms with Crippen LogP contribution < -0.4 is 10.1 Å². The number of sulfone groups is 1. The van der Waals surface area contributed by atoms with E-state index in [0.29, 0.717) is 17.2 Å². The third kappa shape index (κ3) is 5.58. The quantitative estimate of drug-likeness (QED) is 0.560. The second kappa shape index (κ2) is 9.27. The molecule has 0 aliphatic carbocycles. The SMILES string of the molecule is CC(C)S(=O)(=O)c1ccc(Cc2nnc(NC(=O)COc3ccc(Cl)cc3)o2)cc1. The molecule has 10 heteroatoms. The summed E-state index contributed by atoms with van der Waals surface area (Å²) >= 11 is 5.79. The van der Waals surface area contributed by atoms with Gasteiger partial charge in [-0.2, -0.15) is 0 Å². The third-order valence-corrected chi connectivity index (χ3v) is 6.55. The van der Waals surface area contributed by atoms with Gasteiger partial charge in [0, 0.05) is 5.02 Å². The standard InChI is InChI=1S/C20H20ClN3O5S/c1-13(2)30(26,27)17-9-3-14(4-10-17)11-19-23-24-20(29-19)22-18(25)12-28-16-7-5-15(21)6-8-16/h3-10,13H,11-12H2,1-2H3,(H,22,24,25). The molecule has 0 unspecified atom stereocenters. The van der Waals surface area contributed by atoms with Gasteiger partial charge in [0.1, 0.15) is 5.75 Å². The molecule has 0 spiro atoms. The molecule has 158 valence electrons. The lowest BCUT2D eigenvalue weighted by Crippen LogP contribution is -2.20. The van der Waals surface area contributed by atoms with Crippen LogP contribution in [-0.2, 0) is 21.1 Å². The van der Waals surface area contributed by atoms with E-state index in [0.717, 1.165) is 5.56 Å². The van der Waals surface area contributed by atoms with Crippen molar-refractivity contribution in [2.24, 2.45) is 0 Å². The summed E-state index contributed by atoms with van der Waals surface area (Å²) < 4.78 is 35.1. The molecule has 3 aromatic rings. The van der Waals surface area contributed by atoms with Crippen LogP contribution in [0.25, 0.3) is 0 Å². The highest BCUT2D eigenvalue weighted by atomic mass is 35.5. The van der Waals surface area contributed by atoms with E-state index in [4.69, 9.17) is 20.8 Å². The van der Waals surface area contributed by atoms with Crippen molar-refractivity contribution < 1.29 is 22.4 Å². The number of carbonyl (C=O) groups excluding carboxylic acids is 1. The third-order valence-electron chi connectivity index (χ3n) is 4.12. The Morgan fingerprint density at radius 2 is 1.77 bits per heavy atom. The monoisotopic (exact) mass is 449 g/mol. The fourth-order valence-electron chi connectivity index (χ4n) is 2.45. The fourth-order valence-corrected chi connectivity index (χ4v) is 3.64. The molecular formula is C20H20ClN3O5S. The normalized spacial score (nSPS) is 11.5. The fraction of sp³-hybridized carbons (Fsp3) is 0.250. The Hall–Kier alpha value is -2.91. The molecule has 3 rings (SSSR count). The van der Waals surface area contributed by atoms with Crippen molar-refractivity contribution in [3.63, 3.8) is 0 Å². The molecule has 2 aromatic carbocycles. The first-order chi connectivity index (χ1) is 14.2. The first-order valence-corrected chi connectivity index (χ1v) is 11.0. The molecule has 0 radical (unpaired) electrons. The average molecular weight is 450 g/mol. The lowest BCUT2D eigenvalue weighted by molar-refractivity contribution is -0.118. The van der Waals surface area contributed by atoms with Gasteiger partial charge in [-0.15, -0.1) is 5.10 Å². The molecule has 0 bridgehead atoms. The largest absolute Gasteiger partial charge is 0.484 e. The van der Waals surface area contributed by atoms with Gasteiger partial charge >= 0.3 is 6.01 Å². The van der Waals surface area contributed by atoms with E-state index in [1.807, 2.05) is 0 Å². The lowest BCUT2D eigenvalue weighted by atomic mass is 10.1. The predicted octanol–water partition coefficient (Wildman–Crippen LogP) is 3.51. The second-order valence-corrected chi connectivity index (χ2v) is 9.65. The van der Waals surface area contributed by atoms with Crippen molar-refractivity contribution >= 4 is 33.4 Å². The first-order valence-electron chi connectivity index (χ1n) is 9.07. The molecule has 30 heavy (non-hydrogen) atoms. The van der Waals surface area contributed by atoms with E-state index in [1.54, 1.807) is 62.4 Å². The van der Waals surface area contributed by atoms with Crippen LogP contribution in [0.3, 0.4) is 0 Å². The minimum Gasteiger partial charge on any atom is -0.484 e. The molecular weight excluding hydrogens is 430 g/mol. The number of benzene rings is 2. The second-order valence-electron chi connectivity index (χ2n) is 6.71. The Kier molecular flexibility index (Phi) is 6.73. The number of hydrogen-bond acceptors (Lipinski definition) is 7. The van der Waals surface area contributed by atoms with Gasteiger partial charge in [0.25, 0.3) is 5.91 Å². The number of carbonyl (C=O) groups is 1. The van der Waals surface area contributed by atoms with E-state index < -0.39 is 21.0 Å². The molecule has 0 aliphatic rings. The van der Waals surface area contributed by atoms with Crippen LogP contribution >= 0.6 is 11.6 Å². The molecule has 0 saturated carbocycles. The van der Waals surface area contributed by atoms with Crippen molar-refractivity contribution in [2.75, 3.05) is 11.9 Å². The number of nitrogens with one attached hydrogen (secondary N) is 1. The van der Waals surface area contributed by atoms with E-state index in [1.165, 1.54) is 0 Å². The maximum atomic E-state index is 12.2. The van der Waals surface area contributed by atoms with Gasteiger partial charge in [0.2, 0.25) is 5.89 Å². The number of amides is 1. The molecule has 1 aromatic heterocycles. The summed E-state index contributed by atoms with van der Waals surface area (Å²) in [4.78, 5) is 12.2. The smallest absolute Gasteiger partial charge is 0.322 e. The summed E-state index contributed by atoms with van der Waals surface area (Å²) in [5.41, 5.74) is 0.797. The zero-order valence-electron chi connectivity index (χ0n) is 16.3. The molecule has 1 amide bonds. The van der Waals surface area contributed by atoms with E-state index in [2.05, 4.69) is 15.5 Å². The Bertz CT molecular complexity index is 1110. The van der Waals surface area contributed by atoms with E-state index in [9.17, 15) is 13.2 Å². The maximum Gasteiger partial charge on any atom is 0.322 e. The minimum atomic E-state index is -3.32.